The number of carbonyl (C=O) groups excluding carboxylic acids is 2. The number of rotatable bonds is 7. The third-order valence-corrected chi connectivity index (χ3v) is 6.23. The van der Waals surface area contributed by atoms with E-state index < -0.39 is 11.2 Å². The summed E-state index contributed by atoms with van der Waals surface area (Å²) in [5.41, 5.74) is 7.33. The highest BCUT2D eigenvalue weighted by Crippen LogP contribution is 2.30. The first-order chi connectivity index (χ1) is 15.0. The van der Waals surface area contributed by atoms with Crippen molar-refractivity contribution in [3.63, 3.8) is 0 Å². The molecule has 1 atom stereocenters. The van der Waals surface area contributed by atoms with Gasteiger partial charge in [0.25, 0.3) is 5.91 Å². The van der Waals surface area contributed by atoms with Crippen LogP contribution >= 0.6 is 23.1 Å². The Balaban J connectivity index is 1.57. The number of carbonyl (C=O) groups is 2. The zero-order valence-electron chi connectivity index (χ0n) is 16.5. The molecule has 0 saturated carbocycles. The highest BCUT2D eigenvalue weighted by atomic mass is 32.2. The number of nitrogens with two attached hydrogens (primary N) is 1. The summed E-state index contributed by atoms with van der Waals surface area (Å²) in [6.07, 6.45) is 0. The monoisotopic (exact) mass is 449 g/mol. The van der Waals surface area contributed by atoms with Crippen LogP contribution in [0.25, 0.3) is 10.9 Å². The van der Waals surface area contributed by atoms with Gasteiger partial charge in [-0.25, -0.2) is 9.97 Å². The average molecular weight is 450 g/mol. The van der Waals surface area contributed by atoms with Crippen molar-refractivity contribution in [2.24, 2.45) is 5.73 Å². The number of nitrogens with zero attached hydrogens (tertiary/aromatic N) is 2. The van der Waals surface area contributed by atoms with E-state index in [1.165, 1.54) is 23.1 Å². The summed E-state index contributed by atoms with van der Waals surface area (Å²) < 4.78 is 0. The van der Waals surface area contributed by atoms with Crippen molar-refractivity contribution >= 4 is 62.3 Å². The first kappa shape index (κ1) is 20.8. The Labute approximate surface area is 187 Å². The third kappa shape index (κ3) is 4.84. The number of hydrogen-bond donors (Lipinski definition) is 3. The zero-order chi connectivity index (χ0) is 21.8. The molecule has 4 rings (SSSR count). The van der Waals surface area contributed by atoms with Crippen LogP contribution in [0.4, 0.5) is 16.5 Å². The second kappa shape index (κ2) is 9.15. The van der Waals surface area contributed by atoms with Gasteiger partial charge in [-0.05, 0) is 42.6 Å². The average Bonchev–Trinajstić information content (AvgIpc) is 3.23. The predicted octanol–water partition coefficient (Wildman–Crippen LogP) is 4.65. The van der Waals surface area contributed by atoms with Crippen LogP contribution in [0, 0.1) is 0 Å². The molecule has 4 aromatic rings. The molecule has 0 bridgehead atoms. The van der Waals surface area contributed by atoms with Crippen molar-refractivity contribution < 1.29 is 9.59 Å². The number of hydrogen-bond acceptors (Lipinski definition) is 7. The summed E-state index contributed by atoms with van der Waals surface area (Å²) in [5, 5.41) is 9.12. The van der Waals surface area contributed by atoms with Gasteiger partial charge in [-0.1, -0.05) is 42.1 Å². The molecule has 1 unspecified atom stereocenters. The summed E-state index contributed by atoms with van der Waals surface area (Å²) in [5.74, 6) is -0.170. The number of anilines is 3. The van der Waals surface area contributed by atoms with Crippen molar-refractivity contribution in [1.29, 1.82) is 0 Å². The van der Waals surface area contributed by atoms with Crippen LogP contribution in [-0.4, -0.2) is 27.0 Å². The van der Waals surface area contributed by atoms with Crippen molar-refractivity contribution in [3.05, 3.63) is 71.6 Å². The van der Waals surface area contributed by atoms with Gasteiger partial charge in [0.2, 0.25) is 5.91 Å². The van der Waals surface area contributed by atoms with Gasteiger partial charge in [-0.15, -0.1) is 11.3 Å². The normalized spacial score (nSPS) is 11.8. The molecular weight excluding hydrogens is 430 g/mol. The predicted molar refractivity (Wildman–Crippen MR) is 126 cm³/mol. The van der Waals surface area contributed by atoms with Crippen LogP contribution in [0.5, 0.6) is 0 Å². The Morgan fingerprint density at radius 3 is 2.55 bits per heavy atom. The minimum absolute atomic E-state index is 0.260. The van der Waals surface area contributed by atoms with E-state index in [1.807, 2.05) is 54.6 Å². The Kier molecular flexibility index (Phi) is 6.15. The Hall–Kier alpha value is -3.43. The number of nitrogens with one attached hydrogen (secondary N) is 2. The molecule has 0 saturated heterocycles. The van der Waals surface area contributed by atoms with Crippen LogP contribution in [0.3, 0.4) is 0 Å². The van der Waals surface area contributed by atoms with E-state index in [0.717, 1.165) is 16.6 Å². The molecule has 4 N–H and O–H groups in total. The van der Waals surface area contributed by atoms with Crippen LogP contribution in [-0.2, 0) is 4.79 Å². The van der Waals surface area contributed by atoms with Gasteiger partial charge in [0.05, 0.1) is 16.3 Å². The largest absolute Gasteiger partial charge is 0.366 e. The first-order valence-corrected chi connectivity index (χ1v) is 11.2. The fourth-order valence-electron chi connectivity index (χ4n) is 2.89. The van der Waals surface area contributed by atoms with Gasteiger partial charge in [-0.2, -0.15) is 0 Å². The number of primary amides is 1. The fraction of sp³-hybridized carbons (Fsp3) is 0.0909. The van der Waals surface area contributed by atoms with Crippen molar-refractivity contribution in [3.8, 4) is 0 Å². The van der Waals surface area contributed by atoms with Gasteiger partial charge in [0, 0.05) is 11.1 Å². The highest BCUT2D eigenvalue weighted by Gasteiger charge is 2.20. The summed E-state index contributed by atoms with van der Waals surface area (Å²) >= 11 is 2.49. The number of thiophene rings is 1. The van der Waals surface area contributed by atoms with Crippen LogP contribution in [0.15, 0.2) is 71.2 Å². The van der Waals surface area contributed by atoms with E-state index in [0.29, 0.717) is 21.5 Å². The summed E-state index contributed by atoms with van der Waals surface area (Å²) in [4.78, 5) is 33.4. The second-order valence-electron chi connectivity index (χ2n) is 6.64. The quantitative estimate of drug-likeness (QED) is 0.280. The maximum atomic E-state index is 12.7. The standard InChI is InChI=1S/C22H19N5O2S2/c1-13(20(29)27-21-16(18(23)28)11-12-30-21)31-22-25-17-10-6-5-9-15(17)19(26-22)24-14-7-3-2-4-8-14/h2-13H,1H3,(H2,23,28)(H,27,29)(H,24,25,26). The molecule has 2 aromatic carbocycles. The number of para-hydroxylation sites is 2. The van der Waals surface area contributed by atoms with Gasteiger partial charge < -0.3 is 16.4 Å². The van der Waals surface area contributed by atoms with E-state index in [-0.39, 0.29) is 5.91 Å². The summed E-state index contributed by atoms with van der Waals surface area (Å²) in [6, 6.07) is 19.0. The highest BCUT2D eigenvalue weighted by molar-refractivity contribution is 8.00. The first-order valence-electron chi connectivity index (χ1n) is 9.45. The SMILES string of the molecule is CC(Sc1nc(Nc2ccccc2)c2ccccc2n1)C(=O)Nc1sccc1C(N)=O. The van der Waals surface area contributed by atoms with E-state index in [4.69, 9.17) is 5.73 Å². The van der Waals surface area contributed by atoms with Crippen molar-refractivity contribution in [2.45, 2.75) is 17.3 Å². The van der Waals surface area contributed by atoms with Crippen LogP contribution in [0.1, 0.15) is 17.3 Å². The number of amides is 2. The lowest BCUT2D eigenvalue weighted by Crippen LogP contribution is -2.24. The minimum Gasteiger partial charge on any atom is -0.366 e. The van der Waals surface area contributed by atoms with Crippen LogP contribution < -0.4 is 16.4 Å². The maximum Gasteiger partial charge on any atom is 0.251 e. The molecule has 0 spiro atoms. The number of aromatic nitrogens is 2. The van der Waals surface area contributed by atoms with E-state index in [1.54, 1.807) is 18.4 Å². The van der Waals surface area contributed by atoms with E-state index in [9.17, 15) is 9.59 Å². The number of fused-ring (bicyclic) bond motifs is 1. The second-order valence-corrected chi connectivity index (χ2v) is 8.86. The fourth-order valence-corrected chi connectivity index (χ4v) is 4.46. The molecule has 9 heteroatoms. The molecule has 156 valence electrons. The molecule has 0 aliphatic rings. The van der Waals surface area contributed by atoms with Gasteiger partial charge >= 0.3 is 0 Å². The molecule has 31 heavy (non-hydrogen) atoms. The molecule has 0 aliphatic carbocycles. The molecule has 0 aliphatic heterocycles. The topological polar surface area (TPSA) is 110 Å². The molecule has 2 heterocycles. The Morgan fingerprint density at radius 2 is 1.77 bits per heavy atom. The molecular formula is C22H19N5O2S2. The molecule has 0 fully saturated rings. The van der Waals surface area contributed by atoms with E-state index >= 15 is 0 Å². The lowest BCUT2D eigenvalue weighted by Gasteiger charge is -2.13. The van der Waals surface area contributed by atoms with Gasteiger partial charge in [0.15, 0.2) is 5.16 Å². The van der Waals surface area contributed by atoms with Crippen molar-refractivity contribution in [1.82, 2.24) is 9.97 Å². The zero-order valence-corrected chi connectivity index (χ0v) is 18.2. The van der Waals surface area contributed by atoms with Crippen LogP contribution in [0.2, 0.25) is 0 Å². The molecule has 0 radical (unpaired) electrons. The molecule has 2 amide bonds. The molecule has 7 nitrogen and oxygen atoms in total. The minimum atomic E-state index is -0.577. The maximum absolute atomic E-state index is 12.7. The van der Waals surface area contributed by atoms with E-state index in [2.05, 4.69) is 20.6 Å². The number of thioether (sulfide) groups is 1. The van der Waals surface area contributed by atoms with Crippen molar-refractivity contribution in [2.75, 3.05) is 10.6 Å². The Bertz CT molecular complexity index is 1240. The Morgan fingerprint density at radius 1 is 1.03 bits per heavy atom. The lowest BCUT2D eigenvalue weighted by atomic mass is 10.2. The summed E-state index contributed by atoms with van der Waals surface area (Å²) in [6.45, 7) is 1.76. The van der Waals surface area contributed by atoms with Gasteiger partial charge in [0.1, 0.15) is 10.8 Å². The van der Waals surface area contributed by atoms with Gasteiger partial charge in [-0.3, -0.25) is 9.59 Å². The smallest absolute Gasteiger partial charge is 0.251 e. The third-order valence-electron chi connectivity index (χ3n) is 4.44. The lowest BCUT2D eigenvalue weighted by molar-refractivity contribution is -0.115. The number of benzene rings is 2. The summed E-state index contributed by atoms with van der Waals surface area (Å²) in [7, 11) is 0. The molecule has 2 aromatic heterocycles.